The molecule has 1 atom stereocenters. The highest BCUT2D eigenvalue weighted by Gasteiger charge is 2.46. The van der Waals surface area contributed by atoms with Crippen LogP contribution in [0.1, 0.15) is 30.9 Å². The Kier molecular flexibility index (Phi) is 4.58. The van der Waals surface area contributed by atoms with Crippen LogP contribution in [-0.2, 0) is 10.3 Å². The van der Waals surface area contributed by atoms with Gasteiger partial charge in [0.05, 0.1) is 14.2 Å². The minimum atomic E-state index is -0.433. The molecule has 3 rings (SSSR count). The fraction of sp³-hybridized carbons (Fsp3) is 0.400. The Labute approximate surface area is 138 Å². The van der Waals surface area contributed by atoms with Crippen molar-refractivity contribution in [1.82, 2.24) is 0 Å². The zero-order chi connectivity index (χ0) is 16.3. The van der Waals surface area contributed by atoms with E-state index in [2.05, 4.69) is 31.2 Å². The van der Waals surface area contributed by atoms with Gasteiger partial charge in [-0.05, 0) is 54.2 Å². The third kappa shape index (κ3) is 2.70. The van der Waals surface area contributed by atoms with Gasteiger partial charge in [0, 0.05) is 6.61 Å². The SMILES string of the molecule is CCC1CCOC1(c1cccc(OC)c1)c1cccc(OC)c1. The highest BCUT2D eigenvalue weighted by Crippen LogP contribution is 2.49. The average Bonchev–Trinajstić information content (AvgIpc) is 3.07. The Hall–Kier alpha value is -2.00. The van der Waals surface area contributed by atoms with Crippen molar-refractivity contribution in [1.29, 1.82) is 0 Å². The number of hydrogen-bond donors (Lipinski definition) is 0. The van der Waals surface area contributed by atoms with Crippen molar-refractivity contribution in [2.24, 2.45) is 5.92 Å². The van der Waals surface area contributed by atoms with Crippen LogP contribution in [0.15, 0.2) is 48.5 Å². The van der Waals surface area contributed by atoms with Crippen molar-refractivity contribution in [3.05, 3.63) is 59.7 Å². The van der Waals surface area contributed by atoms with Crippen molar-refractivity contribution in [3.8, 4) is 11.5 Å². The molecular formula is C20H24O3. The van der Waals surface area contributed by atoms with Gasteiger partial charge < -0.3 is 14.2 Å². The maximum absolute atomic E-state index is 6.40. The number of ether oxygens (including phenoxy) is 3. The molecule has 0 bridgehead atoms. The summed E-state index contributed by atoms with van der Waals surface area (Å²) in [5.41, 5.74) is 1.86. The maximum Gasteiger partial charge on any atom is 0.121 e. The van der Waals surface area contributed by atoms with E-state index in [1.165, 1.54) is 0 Å². The summed E-state index contributed by atoms with van der Waals surface area (Å²) in [6.45, 7) is 3.00. The van der Waals surface area contributed by atoms with Gasteiger partial charge in [-0.25, -0.2) is 0 Å². The van der Waals surface area contributed by atoms with Gasteiger partial charge in [0.1, 0.15) is 17.1 Å². The van der Waals surface area contributed by atoms with Crippen LogP contribution in [0.4, 0.5) is 0 Å². The summed E-state index contributed by atoms with van der Waals surface area (Å²) in [6.07, 6.45) is 2.12. The normalized spacial score (nSPS) is 19.5. The lowest BCUT2D eigenvalue weighted by atomic mass is 9.75. The number of rotatable bonds is 5. The third-order valence-electron chi connectivity index (χ3n) is 4.86. The summed E-state index contributed by atoms with van der Waals surface area (Å²) in [7, 11) is 3.40. The Balaban J connectivity index is 2.18. The van der Waals surface area contributed by atoms with Crippen LogP contribution in [0.3, 0.4) is 0 Å². The molecule has 1 aliphatic heterocycles. The lowest BCUT2D eigenvalue weighted by molar-refractivity contribution is 0.00883. The zero-order valence-corrected chi connectivity index (χ0v) is 14.0. The van der Waals surface area contributed by atoms with Crippen molar-refractivity contribution >= 4 is 0 Å². The highest BCUT2D eigenvalue weighted by atomic mass is 16.5. The lowest BCUT2D eigenvalue weighted by Crippen LogP contribution is -2.33. The Morgan fingerprint density at radius 3 is 2.04 bits per heavy atom. The monoisotopic (exact) mass is 312 g/mol. The van der Waals surface area contributed by atoms with E-state index in [-0.39, 0.29) is 0 Å². The number of benzene rings is 2. The molecule has 0 amide bonds. The summed E-state index contributed by atoms with van der Waals surface area (Å²) >= 11 is 0. The first-order valence-electron chi connectivity index (χ1n) is 8.17. The number of methoxy groups -OCH3 is 2. The van der Waals surface area contributed by atoms with Crippen molar-refractivity contribution in [2.45, 2.75) is 25.4 Å². The topological polar surface area (TPSA) is 27.7 Å². The maximum atomic E-state index is 6.40. The molecule has 1 unspecified atom stereocenters. The molecule has 1 saturated heterocycles. The van der Waals surface area contributed by atoms with E-state index >= 15 is 0 Å². The summed E-state index contributed by atoms with van der Waals surface area (Å²) in [5.74, 6) is 2.15. The van der Waals surface area contributed by atoms with Crippen molar-refractivity contribution < 1.29 is 14.2 Å². The molecule has 2 aromatic carbocycles. The zero-order valence-electron chi connectivity index (χ0n) is 14.0. The fourth-order valence-corrected chi connectivity index (χ4v) is 3.69. The predicted octanol–water partition coefficient (Wildman–Crippen LogP) is 4.39. The van der Waals surface area contributed by atoms with Crippen LogP contribution >= 0.6 is 0 Å². The molecule has 3 heteroatoms. The summed E-state index contributed by atoms with van der Waals surface area (Å²) in [5, 5.41) is 0. The average molecular weight is 312 g/mol. The Morgan fingerprint density at radius 1 is 1.00 bits per heavy atom. The summed E-state index contributed by atoms with van der Waals surface area (Å²) in [4.78, 5) is 0. The Bertz CT molecular complexity index is 618. The third-order valence-corrected chi connectivity index (χ3v) is 4.86. The molecule has 122 valence electrons. The largest absolute Gasteiger partial charge is 0.497 e. The molecule has 0 saturated carbocycles. The van der Waals surface area contributed by atoms with Gasteiger partial charge in [-0.2, -0.15) is 0 Å². The molecule has 3 nitrogen and oxygen atoms in total. The smallest absolute Gasteiger partial charge is 0.121 e. The summed E-state index contributed by atoms with van der Waals surface area (Å²) < 4.78 is 17.3. The molecular weight excluding hydrogens is 288 g/mol. The van der Waals surface area contributed by atoms with Crippen molar-refractivity contribution in [3.63, 3.8) is 0 Å². The molecule has 1 aliphatic rings. The Morgan fingerprint density at radius 2 is 1.57 bits per heavy atom. The quantitative estimate of drug-likeness (QED) is 0.819. The van der Waals surface area contributed by atoms with Crippen LogP contribution in [-0.4, -0.2) is 20.8 Å². The molecule has 0 radical (unpaired) electrons. The van der Waals surface area contributed by atoms with Crippen LogP contribution in [0.5, 0.6) is 11.5 Å². The second kappa shape index (κ2) is 6.63. The van der Waals surface area contributed by atoms with E-state index in [1.807, 2.05) is 24.3 Å². The van der Waals surface area contributed by atoms with Crippen LogP contribution in [0.2, 0.25) is 0 Å². The first kappa shape index (κ1) is 15.9. The highest BCUT2D eigenvalue weighted by molar-refractivity contribution is 5.44. The van der Waals surface area contributed by atoms with Gasteiger partial charge in [-0.3, -0.25) is 0 Å². The molecule has 0 spiro atoms. The lowest BCUT2D eigenvalue weighted by Gasteiger charge is -2.35. The molecule has 1 fully saturated rings. The fourth-order valence-electron chi connectivity index (χ4n) is 3.69. The van der Waals surface area contributed by atoms with Gasteiger partial charge in [-0.15, -0.1) is 0 Å². The molecule has 23 heavy (non-hydrogen) atoms. The van der Waals surface area contributed by atoms with E-state index in [0.717, 1.165) is 42.1 Å². The van der Waals surface area contributed by atoms with E-state index < -0.39 is 5.60 Å². The minimum absolute atomic E-state index is 0.432. The minimum Gasteiger partial charge on any atom is -0.497 e. The molecule has 0 aliphatic carbocycles. The second-order valence-corrected chi connectivity index (χ2v) is 5.94. The first-order chi connectivity index (χ1) is 11.2. The van der Waals surface area contributed by atoms with Crippen LogP contribution < -0.4 is 9.47 Å². The van der Waals surface area contributed by atoms with Gasteiger partial charge in [0.25, 0.3) is 0 Å². The molecule has 0 aromatic heterocycles. The first-order valence-corrected chi connectivity index (χ1v) is 8.17. The van der Waals surface area contributed by atoms with Gasteiger partial charge in [-0.1, -0.05) is 31.2 Å². The van der Waals surface area contributed by atoms with Gasteiger partial charge in [0.15, 0.2) is 0 Å². The summed E-state index contributed by atoms with van der Waals surface area (Å²) in [6, 6.07) is 16.5. The van der Waals surface area contributed by atoms with E-state index in [4.69, 9.17) is 14.2 Å². The standard InChI is InChI=1S/C20H24O3/c1-4-15-11-12-23-20(15,16-7-5-9-18(13-16)21-2)17-8-6-10-19(14-17)22-3/h5-10,13-15H,4,11-12H2,1-3H3. The van der Waals surface area contributed by atoms with Gasteiger partial charge in [0.2, 0.25) is 0 Å². The van der Waals surface area contributed by atoms with Crippen LogP contribution in [0, 0.1) is 5.92 Å². The van der Waals surface area contributed by atoms with E-state index in [9.17, 15) is 0 Å². The van der Waals surface area contributed by atoms with Crippen LogP contribution in [0.25, 0.3) is 0 Å². The second-order valence-electron chi connectivity index (χ2n) is 5.94. The van der Waals surface area contributed by atoms with E-state index in [0.29, 0.717) is 5.92 Å². The van der Waals surface area contributed by atoms with E-state index in [1.54, 1.807) is 14.2 Å². The molecule has 2 aromatic rings. The molecule has 0 N–H and O–H groups in total. The number of hydrogen-bond acceptors (Lipinski definition) is 3. The van der Waals surface area contributed by atoms with Gasteiger partial charge >= 0.3 is 0 Å². The molecule has 1 heterocycles. The predicted molar refractivity (Wildman–Crippen MR) is 91.1 cm³/mol. The van der Waals surface area contributed by atoms with Crippen molar-refractivity contribution in [2.75, 3.05) is 20.8 Å².